The standard InChI is InChI=1S/C6H8N2O3.ClH/c9-5(6(10)11)1-4-2-7-3-8-4;/h2-3,5,9H,1H2,(H,7,8)(H,10,11);1H/t5-;/m1./s1. The Kier molecular flexibility index (Phi) is 4.31. The van der Waals surface area contributed by atoms with Crippen LogP contribution in [0, 0.1) is 0 Å². The second-order valence-electron chi connectivity index (χ2n) is 2.14. The highest BCUT2D eigenvalue weighted by atomic mass is 35.5. The van der Waals surface area contributed by atoms with Gasteiger partial charge in [0.1, 0.15) is 0 Å². The van der Waals surface area contributed by atoms with Gasteiger partial charge in [-0.25, -0.2) is 9.78 Å². The summed E-state index contributed by atoms with van der Waals surface area (Å²) in [6.45, 7) is 0. The average molecular weight is 193 g/mol. The van der Waals surface area contributed by atoms with Crippen molar-refractivity contribution in [3.8, 4) is 0 Å². The van der Waals surface area contributed by atoms with E-state index in [0.29, 0.717) is 5.69 Å². The summed E-state index contributed by atoms with van der Waals surface area (Å²) in [5.41, 5.74) is 0.611. The van der Waals surface area contributed by atoms with Crippen LogP contribution in [0.15, 0.2) is 12.5 Å². The first-order chi connectivity index (χ1) is 5.20. The van der Waals surface area contributed by atoms with E-state index >= 15 is 0 Å². The van der Waals surface area contributed by atoms with E-state index in [-0.39, 0.29) is 18.8 Å². The van der Waals surface area contributed by atoms with Crippen molar-refractivity contribution in [1.82, 2.24) is 9.97 Å². The number of rotatable bonds is 3. The number of nitrogens with zero attached hydrogens (tertiary/aromatic N) is 1. The molecule has 0 aliphatic carbocycles. The molecule has 0 aliphatic rings. The van der Waals surface area contributed by atoms with Gasteiger partial charge in [-0.1, -0.05) is 0 Å². The predicted molar refractivity (Wildman–Crippen MR) is 43.2 cm³/mol. The summed E-state index contributed by atoms with van der Waals surface area (Å²) >= 11 is 0. The van der Waals surface area contributed by atoms with Gasteiger partial charge in [-0.3, -0.25) is 0 Å². The Hall–Kier alpha value is -1.07. The molecule has 0 spiro atoms. The summed E-state index contributed by atoms with van der Waals surface area (Å²) in [6, 6.07) is 0. The summed E-state index contributed by atoms with van der Waals surface area (Å²) in [6.07, 6.45) is 1.63. The van der Waals surface area contributed by atoms with E-state index in [2.05, 4.69) is 9.97 Å². The molecule has 5 nitrogen and oxygen atoms in total. The molecule has 3 N–H and O–H groups in total. The van der Waals surface area contributed by atoms with Crippen LogP contribution in [0.25, 0.3) is 0 Å². The number of carbonyl (C=O) groups is 1. The van der Waals surface area contributed by atoms with Crippen LogP contribution in [0.4, 0.5) is 0 Å². The Balaban J connectivity index is 0.00000121. The highest BCUT2D eigenvalue weighted by molar-refractivity contribution is 5.85. The van der Waals surface area contributed by atoms with E-state index in [9.17, 15) is 4.79 Å². The first kappa shape index (κ1) is 10.9. The summed E-state index contributed by atoms with van der Waals surface area (Å²) in [4.78, 5) is 16.5. The van der Waals surface area contributed by atoms with Gasteiger partial charge in [-0.05, 0) is 0 Å². The number of halogens is 1. The number of aromatic amines is 1. The van der Waals surface area contributed by atoms with Crippen LogP contribution >= 0.6 is 12.4 Å². The van der Waals surface area contributed by atoms with Crippen molar-refractivity contribution in [1.29, 1.82) is 0 Å². The van der Waals surface area contributed by atoms with E-state index in [4.69, 9.17) is 10.2 Å². The van der Waals surface area contributed by atoms with Crippen molar-refractivity contribution >= 4 is 18.4 Å². The van der Waals surface area contributed by atoms with Crippen LogP contribution in [0.1, 0.15) is 5.69 Å². The number of carboxylic acids is 1. The van der Waals surface area contributed by atoms with Gasteiger partial charge in [0.2, 0.25) is 0 Å². The number of aliphatic hydroxyl groups excluding tert-OH is 1. The first-order valence-corrected chi connectivity index (χ1v) is 3.08. The zero-order chi connectivity index (χ0) is 8.27. The smallest absolute Gasteiger partial charge is 0.332 e. The molecule has 0 aromatic carbocycles. The SMILES string of the molecule is Cl.O=C(O)[C@H](O)Cc1cnc[nH]1. The molecule has 0 unspecified atom stereocenters. The lowest BCUT2D eigenvalue weighted by Crippen LogP contribution is -2.22. The number of aliphatic carboxylic acids is 1. The molecule has 0 fully saturated rings. The van der Waals surface area contributed by atoms with E-state index in [1.54, 1.807) is 0 Å². The highest BCUT2D eigenvalue weighted by Crippen LogP contribution is 1.97. The van der Waals surface area contributed by atoms with Gasteiger partial charge in [0, 0.05) is 18.3 Å². The largest absolute Gasteiger partial charge is 0.479 e. The molecule has 1 aromatic rings. The van der Waals surface area contributed by atoms with Gasteiger partial charge in [0.05, 0.1) is 6.33 Å². The molecule has 68 valence electrons. The van der Waals surface area contributed by atoms with E-state index in [1.807, 2.05) is 0 Å². The molecule has 0 saturated heterocycles. The second-order valence-corrected chi connectivity index (χ2v) is 2.14. The average Bonchev–Trinajstić information content (AvgIpc) is 2.39. The zero-order valence-electron chi connectivity index (χ0n) is 6.10. The summed E-state index contributed by atoms with van der Waals surface area (Å²) in [5.74, 6) is -1.22. The van der Waals surface area contributed by atoms with Crippen molar-refractivity contribution in [3.05, 3.63) is 18.2 Å². The number of hydrogen-bond acceptors (Lipinski definition) is 3. The topological polar surface area (TPSA) is 86.2 Å². The minimum Gasteiger partial charge on any atom is -0.479 e. The van der Waals surface area contributed by atoms with Crippen LogP contribution < -0.4 is 0 Å². The first-order valence-electron chi connectivity index (χ1n) is 3.08. The van der Waals surface area contributed by atoms with Crippen LogP contribution in [-0.2, 0) is 11.2 Å². The third-order valence-electron chi connectivity index (χ3n) is 1.25. The quantitative estimate of drug-likeness (QED) is 0.620. The van der Waals surface area contributed by atoms with Crippen molar-refractivity contribution < 1.29 is 15.0 Å². The van der Waals surface area contributed by atoms with Gasteiger partial charge >= 0.3 is 5.97 Å². The molecule has 1 aromatic heterocycles. The molecule has 0 radical (unpaired) electrons. The molecule has 6 heteroatoms. The van der Waals surface area contributed by atoms with Gasteiger partial charge < -0.3 is 15.2 Å². The summed E-state index contributed by atoms with van der Waals surface area (Å²) < 4.78 is 0. The zero-order valence-corrected chi connectivity index (χ0v) is 6.91. The van der Waals surface area contributed by atoms with Crippen molar-refractivity contribution in [2.24, 2.45) is 0 Å². The van der Waals surface area contributed by atoms with Crippen LogP contribution in [0.2, 0.25) is 0 Å². The maximum absolute atomic E-state index is 10.1. The van der Waals surface area contributed by atoms with Crippen molar-refractivity contribution in [2.75, 3.05) is 0 Å². The minimum atomic E-state index is -1.35. The monoisotopic (exact) mass is 192 g/mol. The van der Waals surface area contributed by atoms with Gasteiger partial charge in [-0.15, -0.1) is 12.4 Å². The van der Waals surface area contributed by atoms with Crippen LogP contribution in [0.5, 0.6) is 0 Å². The maximum atomic E-state index is 10.1. The Morgan fingerprint density at radius 1 is 1.75 bits per heavy atom. The Morgan fingerprint density at radius 3 is 2.83 bits per heavy atom. The normalized spacial score (nSPS) is 11.8. The molecule has 1 atom stereocenters. The molecule has 0 saturated carbocycles. The number of carboxylic acid groups (broad SMARTS) is 1. The number of imidazole rings is 1. The van der Waals surface area contributed by atoms with Crippen LogP contribution in [-0.4, -0.2) is 32.3 Å². The lowest BCUT2D eigenvalue weighted by molar-refractivity contribution is -0.146. The van der Waals surface area contributed by atoms with E-state index in [1.165, 1.54) is 12.5 Å². The number of aliphatic hydroxyl groups is 1. The molecule has 0 amide bonds. The van der Waals surface area contributed by atoms with Crippen molar-refractivity contribution in [2.45, 2.75) is 12.5 Å². The minimum absolute atomic E-state index is 0. The lowest BCUT2D eigenvalue weighted by atomic mass is 10.2. The number of nitrogens with one attached hydrogen (secondary N) is 1. The molecule has 1 rings (SSSR count). The molecular formula is C6H9ClN2O3. The molecule has 12 heavy (non-hydrogen) atoms. The maximum Gasteiger partial charge on any atom is 0.332 e. The Morgan fingerprint density at radius 2 is 2.42 bits per heavy atom. The number of hydrogen-bond donors (Lipinski definition) is 3. The third-order valence-corrected chi connectivity index (χ3v) is 1.25. The predicted octanol–water partition coefficient (Wildman–Crippen LogP) is -0.181. The molecule has 0 bridgehead atoms. The fourth-order valence-corrected chi connectivity index (χ4v) is 0.692. The number of H-pyrrole nitrogens is 1. The van der Waals surface area contributed by atoms with Gasteiger partial charge in [0.15, 0.2) is 6.10 Å². The van der Waals surface area contributed by atoms with Crippen molar-refractivity contribution in [3.63, 3.8) is 0 Å². The Labute approximate surface area is 74.9 Å². The second kappa shape index (κ2) is 4.74. The third kappa shape index (κ3) is 2.89. The summed E-state index contributed by atoms with van der Waals surface area (Å²) in [7, 11) is 0. The summed E-state index contributed by atoms with van der Waals surface area (Å²) in [5, 5.41) is 17.1. The highest BCUT2D eigenvalue weighted by Gasteiger charge is 2.13. The van der Waals surface area contributed by atoms with E-state index < -0.39 is 12.1 Å². The van der Waals surface area contributed by atoms with Gasteiger partial charge in [-0.2, -0.15) is 0 Å². The van der Waals surface area contributed by atoms with Crippen LogP contribution in [0.3, 0.4) is 0 Å². The van der Waals surface area contributed by atoms with E-state index in [0.717, 1.165) is 0 Å². The fraction of sp³-hybridized carbons (Fsp3) is 0.333. The molecular weight excluding hydrogens is 184 g/mol. The number of aromatic nitrogens is 2. The molecule has 0 aliphatic heterocycles. The Bertz CT molecular complexity index is 237. The lowest BCUT2D eigenvalue weighted by Gasteiger charge is -2.00. The molecule has 1 heterocycles. The fourth-order valence-electron chi connectivity index (χ4n) is 0.692. The van der Waals surface area contributed by atoms with Gasteiger partial charge in [0.25, 0.3) is 0 Å².